The summed E-state index contributed by atoms with van der Waals surface area (Å²) in [5.41, 5.74) is 9.44. The maximum Gasteiger partial charge on any atom is 0.224 e. The molecule has 3 nitrogen and oxygen atoms in total. The summed E-state index contributed by atoms with van der Waals surface area (Å²) < 4.78 is 0. The van der Waals surface area contributed by atoms with Crippen molar-refractivity contribution in [3.05, 3.63) is 34.9 Å². The molecule has 3 N–H and O–H groups in total. The van der Waals surface area contributed by atoms with Crippen molar-refractivity contribution in [2.75, 3.05) is 6.54 Å². The normalized spacial score (nSPS) is 15.4. The molecular formula is C14H20N2O. The fourth-order valence-electron chi connectivity index (χ4n) is 2.31. The largest absolute Gasteiger partial charge is 0.352 e. The van der Waals surface area contributed by atoms with Gasteiger partial charge in [0, 0.05) is 12.6 Å². The van der Waals surface area contributed by atoms with Gasteiger partial charge in [-0.3, -0.25) is 4.79 Å². The third-order valence-corrected chi connectivity index (χ3v) is 3.29. The molecule has 0 aromatic heterocycles. The number of nitrogens with one attached hydrogen (secondary N) is 1. The fourth-order valence-corrected chi connectivity index (χ4v) is 2.31. The van der Waals surface area contributed by atoms with Gasteiger partial charge >= 0.3 is 0 Å². The van der Waals surface area contributed by atoms with Crippen molar-refractivity contribution in [1.82, 2.24) is 5.32 Å². The van der Waals surface area contributed by atoms with Gasteiger partial charge in [0.1, 0.15) is 0 Å². The lowest BCUT2D eigenvalue weighted by Gasteiger charge is -2.11. The van der Waals surface area contributed by atoms with Gasteiger partial charge in [-0.2, -0.15) is 0 Å². The molecule has 0 fully saturated rings. The average molecular weight is 232 g/mol. The molecule has 0 radical (unpaired) electrons. The van der Waals surface area contributed by atoms with Crippen LogP contribution in [0.5, 0.6) is 0 Å². The molecule has 1 aliphatic rings. The molecule has 1 atom stereocenters. The van der Waals surface area contributed by atoms with E-state index in [-0.39, 0.29) is 11.9 Å². The molecular weight excluding hydrogens is 212 g/mol. The van der Waals surface area contributed by atoms with Gasteiger partial charge in [-0.05, 0) is 42.9 Å². The van der Waals surface area contributed by atoms with Crippen LogP contribution < -0.4 is 11.1 Å². The van der Waals surface area contributed by atoms with Gasteiger partial charge in [-0.25, -0.2) is 0 Å². The van der Waals surface area contributed by atoms with Crippen molar-refractivity contribution in [1.29, 1.82) is 0 Å². The third kappa shape index (κ3) is 3.07. The predicted molar refractivity (Wildman–Crippen MR) is 68.8 cm³/mol. The van der Waals surface area contributed by atoms with Crippen LogP contribution in [-0.2, 0) is 24.1 Å². The minimum absolute atomic E-state index is 0.0527. The molecule has 17 heavy (non-hydrogen) atoms. The Morgan fingerprint density at radius 3 is 2.94 bits per heavy atom. The Hall–Kier alpha value is -1.35. The number of hydrogen-bond acceptors (Lipinski definition) is 2. The van der Waals surface area contributed by atoms with Crippen molar-refractivity contribution >= 4 is 5.91 Å². The molecule has 3 heteroatoms. The van der Waals surface area contributed by atoms with Crippen LogP contribution in [0, 0.1) is 0 Å². The van der Waals surface area contributed by atoms with Crippen molar-refractivity contribution < 1.29 is 4.79 Å². The van der Waals surface area contributed by atoms with Crippen molar-refractivity contribution in [2.24, 2.45) is 5.73 Å². The second-order valence-corrected chi connectivity index (χ2v) is 4.84. The predicted octanol–water partition coefficient (Wildman–Crippen LogP) is 1.18. The first-order chi connectivity index (χ1) is 8.19. The molecule has 1 aromatic rings. The van der Waals surface area contributed by atoms with Gasteiger partial charge in [0.05, 0.1) is 6.42 Å². The Morgan fingerprint density at radius 2 is 2.18 bits per heavy atom. The Bertz CT molecular complexity index is 415. The van der Waals surface area contributed by atoms with Crippen LogP contribution in [0.15, 0.2) is 18.2 Å². The van der Waals surface area contributed by atoms with E-state index in [1.165, 1.54) is 24.0 Å². The maximum absolute atomic E-state index is 11.7. The summed E-state index contributed by atoms with van der Waals surface area (Å²) >= 11 is 0. The summed E-state index contributed by atoms with van der Waals surface area (Å²) in [6, 6.07) is 6.46. The number of nitrogens with two attached hydrogens (primary N) is 1. The highest BCUT2D eigenvalue weighted by molar-refractivity contribution is 5.78. The Balaban J connectivity index is 1.97. The van der Waals surface area contributed by atoms with E-state index in [1.54, 1.807) is 0 Å². The van der Waals surface area contributed by atoms with Gasteiger partial charge in [0.2, 0.25) is 5.91 Å². The van der Waals surface area contributed by atoms with E-state index >= 15 is 0 Å². The summed E-state index contributed by atoms with van der Waals surface area (Å²) in [4.78, 5) is 11.7. The van der Waals surface area contributed by atoms with E-state index in [0.717, 1.165) is 12.0 Å². The molecule has 1 aliphatic carbocycles. The maximum atomic E-state index is 11.7. The first-order valence-corrected chi connectivity index (χ1v) is 6.29. The third-order valence-electron chi connectivity index (χ3n) is 3.29. The lowest BCUT2D eigenvalue weighted by Crippen LogP contribution is -2.38. The van der Waals surface area contributed by atoms with Gasteiger partial charge < -0.3 is 11.1 Å². The van der Waals surface area contributed by atoms with Crippen LogP contribution in [0.3, 0.4) is 0 Å². The van der Waals surface area contributed by atoms with E-state index < -0.39 is 0 Å². The van der Waals surface area contributed by atoms with Crippen molar-refractivity contribution in [3.8, 4) is 0 Å². The molecule has 0 spiro atoms. The lowest BCUT2D eigenvalue weighted by molar-refractivity contribution is -0.120. The first kappa shape index (κ1) is 12.1. The van der Waals surface area contributed by atoms with E-state index in [4.69, 9.17) is 5.73 Å². The van der Waals surface area contributed by atoms with E-state index in [1.807, 2.05) is 6.92 Å². The van der Waals surface area contributed by atoms with Crippen LogP contribution in [0.4, 0.5) is 0 Å². The van der Waals surface area contributed by atoms with Crippen LogP contribution in [-0.4, -0.2) is 18.5 Å². The van der Waals surface area contributed by atoms with E-state index in [9.17, 15) is 4.79 Å². The minimum Gasteiger partial charge on any atom is -0.352 e. The number of benzene rings is 1. The second kappa shape index (κ2) is 5.32. The molecule has 1 unspecified atom stereocenters. The SMILES string of the molecule is CC(CN)NC(=O)Cc1ccc2c(c1)CCC2. The van der Waals surface area contributed by atoms with Crippen LogP contribution >= 0.6 is 0 Å². The molecule has 0 saturated heterocycles. The highest BCUT2D eigenvalue weighted by atomic mass is 16.1. The van der Waals surface area contributed by atoms with Crippen LogP contribution in [0.25, 0.3) is 0 Å². The molecule has 0 aliphatic heterocycles. The van der Waals surface area contributed by atoms with Gasteiger partial charge in [-0.1, -0.05) is 18.2 Å². The smallest absolute Gasteiger partial charge is 0.224 e. The molecule has 92 valence electrons. The highest BCUT2D eigenvalue weighted by Crippen LogP contribution is 2.22. The minimum atomic E-state index is 0.0527. The van der Waals surface area contributed by atoms with Gasteiger partial charge in [0.25, 0.3) is 0 Å². The van der Waals surface area contributed by atoms with E-state index in [2.05, 4.69) is 23.5 Å². The molecule has 2 rings (SSSR count). The number of carbonyl (C=O) groups is 1. The summed E-state index contributed by atoms with van der Waals surface area (Å²) in [5, 5.41) is 2.88. The number of amides is 1. The summed E-state index contributed by atoms with van der Waals surface area (Å²) in [5.74, 6) is 0.0564. The average Bonchev–Trinajstić information content (AvgIpc) is 2.75. The lowest BCUT2D eigenvalue weighted by atomic mass is 10.0. The Morgan fingerprint density at radius 1 is 1.41 bits per heavy atom. The number of aryl methyl sites for hydroxylation is 2. The molecule has 0 bridgehead atoms. The zero-order chi connectivity index (χ0) is 12.3. The number of fused-ring (bicyclic) bond motifs is 1. The molecule has 1 amide bonds. The zero-order valence-corrected chi connectivity index (χ0v) is 10.3. The molecule has 0 heterocycles. The standard InChI is InChI=1S/C14H20N2O/c1-10(9-15)16-14(17)8-11-5-6-12-3-2-4-13(12)7-11/h5-7,10H,2-4,8-9,15H2,1H3,(H,16,17). The second-order valence-electron chi connectivity index (χ2n) is 4.84. The van der Waals surface area contributed by atoms with Crippen molar-refractivity contribution in [2.45, 2.75) is 38.6 Å². The number of rotatable bonds is 4. The monoisotopic (exact) mass is 232 g/mol. The summed E-state index contributed by atoms with van der Waals surface area (Å²) in [6.45, 7) is 2.40. The van der Waals surface area contributed by atoms with Gasteiger partial charge in [0.15, 0.2) is 0 Å². The fraction of sp³-hybridized carbons (Fsp3) is 0.500. The zero-order valence-electron chi connectivity index (χ0n) is 10.3. The van der Waals surface area contributed by atoms with E-state index in [0.29, 0.717) is 13.0 Å². The molecule has 0 saturated carbocycles. The topological polar surface area (TPSA) is 55.1 Å². The Labute approximate surface area is 102 Å². The first-order valence-electron chi connectivity index (χ1n) is 6.29. The molecule has 1 aromatic carbocycles. The Kier molecular flexibility index (Phi) is 3.79. The number of hydrogen-bond donors (Lipinski definition) is 2. The highest BCUT2D eigenvalue weighted by Gasteiger charge is 2.12. The van der Waals surface area contributed by atoms with Gasteiger partial charge in [-0.15, -0.1) is 0 Å². The summed E-state index contributed by atoms with van der Waals surface area (Å²) in [6.07, 6.45) is 4.04. The van der Waals surface area contributed by atoms with Crippen molar-refractivity contribution in [3.63, 3.8) is 0 Å². The number of carbonyl (C=O) groups excluding carboxylic acids is 1. The van der Waals surface area contributed by atoms with Crippen LogP contribution in [0.2, 0.25) is 0 Å². The van der Waals surface area contributed by atoms with Crippen LogP contribution in [0.1, 0.15) is 30.0 Å². The quantitative estimate of drug-likeness (QED) is 0.819. The summed E-state index contributed by atoms with van der Waals surface area (Å²) in [7, 11) is 0.